The van der Waals surface area contributed by atoms with Gasteiger partial charge < -0.3 is 9.84 Å². The lowest BCUT2D eigenvalue weighted by atomic mass is 9.90. The Labute approximate surface area is 159 Å². The van der Waals surface area contributed by atoms with Gasteiger partial charge in [0.05, 0.1) is 6.61 Å². The van der Waals surface area contributed by atoms with Crippen molar-refractivity contribution < 1.29 is 14.6 Å². The molecule has 1 aliphatic heterocycles. The normalized spacial score (nSPS) is 17.8. The van der Waals surface area contributed by atoms with Crippen LogP contribution < -0.4 is 4.74 Å². The molecule has 0 aromatic heterocycles. The third-order valence-electron chi connectivity index (χ3n) is 4.76. The molecule has 4 nitrogen and oxygen atoms in total. The first kappa shape index (κ1) is 18.7. The lowest BCUT2D eigenvalue weighted by Gasteiger charge is -2.32. The van der Waals surface area contributed by atoms with Crippen LogP contribution in [0.2, 0.25) is 5.02 Å². The molecule has 2 aromatic carbocycles. The summed E-state index contributed by atoms with van der Waals surface area (Å²) in [6.07, 6.45) is 1.84. The first-order valence-corrected chi connectivity index (χ1v) is 9.42. The zero-order valence-electron chi connectivity index (χ0n) is 15.0. The summed E-state index contributed by atoms with van der Waals surface area (Å²) in [6.45, 7) is 4.60. The van der Waals surface area contributed by atoms with Crippen LogP contribution in [0.15, 0.2) is 42.5 Å². The molecule has 0 saturated carbocycles. The number of Topliss-reactive ketones (excluding diaryl/α,β-unsaturated/α-hetero) is 1. The van der Waals surface area contributed by atoms with Crippen LogP contribution in [-0.4, -0.2) is 35.5 Å². The second-order valence-corrected chi connectivity index (χ2v) is 7.08. The number of likely N-dealkylation sites (tertiary alicyclic amines) is 1. The maximum absolute atomic E-state index is 12.8. The molecule has 1 saturated heterocycles. The number of piperidine rings is 1. The fraction of sp³-hybridized carbons (Fsp3) is 0.381. The van der Waals surface area contributed by atoms with Crippen molar-refractivity contribution in [3.05, 3.63) is 58.6 Å². The third-order valence-corrected chi connectivity index (χ3v) is 5.00. The standard InChI is InChI=1S/C21H24ClNO3/c1-2-26-19-10-4-7-17(21(19)25)14-23-11-5-8-16(13-23)20(24)15-6-3-9-18(22)12-15/h3-4,6-7,9-10,12,16,25H,2,5,8,11,13-14H2,1H3/t16-/m0/s1. The van der Waals surface area contributed by atoms with E-state index in [9.17, 15) is 9.90 Å². The van der Waals surface area contributed by atoms with Crippen molar-refractivity contribution in [2.75, 3.05) is 19.7 Å². The molecule has 2 aromatic rings. The Morgan fingerprint density at radius 2 is 2.12 bits per heavy atom. The van der Waals surface area contributed by atoms with Gasteiger partial charge in [0.1, 0.15) is 0 Å². The topological polar surface area (TPSA) is 49.8 Å². The summed E-state index contributed by atoms with van der Waals surface area (Å²) >= 11 is 6.02. The number of phenols is 1. The highest BCUT2D eigenvalue weighted by atomic mass is 35.5. The summed E-state index contributed by atoms with van der Waals surface area (Å²) in [4.78, 5) is 15.0. The van der Waals surface area contributed by atoms with Crippen LogP contribution in [0.5, 0.6) is 11.5 Å². The average Bonchev–Trinajstić information content (AvgIpc) is 2.65. The van der Waals surface area contributed by atoms with Gasteiger partial charge in [-0.25, -0.2) is 0 Å². The zero-order chi connectivity index (χ0) is 18.5. The van der Waals surface area contributed by atoms with Crippen LogP contribution in [0, 0.1) is 5.92 Å². The van der Waals surface area contributed by atoms with Crippen LogP contribution in [0.3, 0.4) is 0 Å². The molecule has 1 heterocycles. The highest BCUT2D eigenvalue weighted by Crippen LogP contribution is 2.32. The van der Waals surface area contributed by atoms with Crippen molar-refractivity contribution in [2.45, 2.75) is 26.3 Å². The van der Waals surface area contributed by atoms with Gasteiger partial charge >= 0.3 is 0 Å². The second-order valence-electron chi connectivity index (χ2n) is 6.65. The van der Waals surface area contributed by atoms with Crippen LogP contribution >= 0.6 is 11.6 Å². The number of para-hydroxylation sites is 1. The van der Waals surface area contributed by atoms with Crippen molar-refractivity contribution in [1.29, 1.82) is 0 Å². The zero-order valence-corrected chi connectivity index (χ0v) is 15.7. The highest BCUT2D eigenvalue weighted by Gasteiger charge is 2.27. The smallest absolute Gasteiger partial charge is 0.167 e. The molecule has 1 fully saturated rings. The maximum atomic E-state index is 12.8. The number of phenolic OH excluding ortho intramolecular Hbond substituents is 1. The van der Waals surface area contributed by atoms with Crippen LogP contribution in [0.4, 0.5) is 0 Å². The Morgan fingerprint density at radius 3 is 2.88 bits per heavy atom. The maximum Gasteiger partial charge on any atom is 0.167 e. The number of nitrogens with zero attached hydrogens (tertiary/aromatic N) is 1. The van der Waals surface area contributed by atoms with Gasteiger partial charge in [0.2, 0.25) is 0 Å². The minimum absolute atomic E-state index is 0.0422. The number of hydrogen-bond donors (Lipinski definition) is 1. The fourth-order valence-corrected chi connectivity index (χ4v) is 3.69. The number of carbonyl (C=O) groups excluding carboxylic acids is 1. The Bertz CT molecular complexity index is 778. The Kier molecular flexibility index (Phi) is 6.17. The van der Waals surface area contributed by atoms with E-state index in [0.29, 0.717) is 36.0 Å². The lowest BCUT2D eigenvalue weighted by molar-refractivity contribution is 0.0810. The number of aromatic hydroxyl groups is 1. The number of hydrogen-bond acceptors (Lipinski definition) is 4. The van der Waals surface area contributed by atoms with Gasteiger partial charge in [0.15, 0.2) is 17.3 Å². The summed E-state index contributed by atoms with van der Waals surface area (Å²) < 4.78 is 5.46. The molecule has 0 unspecified atom stereocenters. The molecule has 0 radical (unpaired) electrons. The lowest BCUT2D eigenvalue weighted by Crippen LogP contribution is -2.38. The van der Waals surface area contributed by atoms with Crippen LogP contribution in [-0.2, 0) is 6.54 Å². The van der Waals surface area contributed by atoms with E-state index in [1.807, 2.05) is 31.2 Å². The van der Waals surface area contributed by atoms with E-state index in [0.717, 1.165) is 24.9 Å². The first-order chi connectivity index (χ1) is 12.6. The molecular formula is C21H24ClNO3. The van der Waals surface area contributed by atoms with E-state index < -0.39 is 0 Å². The van der Waals surface area contributed by atoms with Crippen molar-refractivity contribution in [3.63, 3.8) is 0 Å². The highest BCUT2D eigenvalue weighted by molar-refractivity contribution is 6.31. The van der Waals surface area contributed by atoms with E-state index in [4.69, 9.17) is 16.3 Å². The van der Waals surface area contributed by atoms with Gasteiger partial charge in [-0.2, -0.15) is 0 Å². The summed E-state index contributed by atoms with van der Waals surface area (Å²) in [6, 6.07) is 12.7. The number of rotatable bonds is 6. The molecule has 0 amide bonds. The molecule has 0 bridgehead atoms. The summed E-state index contributed by atoms with van der Waals surface area (Å²) in [5, 5.41) is 11.0. The number of benzene rings is 2. The predicted octanol–water partition coefficient (Wildman–Crippen LogP) is 4.54. The van der Waals surface area contributed by atoms with Crippen molar-refractivity contribution in [3.8, 4) is 11.5 Å². The van der Waals surface area contributed by atoms with Crippen molar-refractivity contribution in [1.82, 2.24) is 4.90 Å². The largest absolute Gasteiger partial charge is 0.504 e. The molecular weight excluding hydrogens is 350 g/mol. The fourth-order valence-electron chi connectivity index (χ4n) is 3.50. The summed E-state index contributed by atoms with van der Waals surface area (Å²) in [5.41, 5.74) is 1.50. The van der Waals surface area contributed by atoms with E-state index in [-0.39, 0.29) is 17.5 Å². The van der Waals surface area contributed by atoms with Gasteiger partial charge in [0, 0.05) is 35.2 Å². The van der Waals surface area contributed by atoms with E-state index in [1.54, 1.807) is 18.2 Å². The molecule has 3 rings (SSSR count). The number of ketones is 1. The Balaban J connectivity index is 1.69. The molecule has 5 heteroatoms. The van der Waals surface area contributed by atoms with Crippen molar-refractivity contribution >= 4 is 17.4 Å². The average molecular weight is 374 g/mol. The molecule has 1 N–H and O–H groups in total. The quantitative estimate of drug-likeness (QED) is 0.755. The number of ether oxygens (including phenoxy) is 1. The minimum Gasteiger partial charge on any atom is -0.504 e. The predicted molar refractivity (Wildman–Crippen MR) is 103 cm³/mol. The van der Waals surface area contributed by atoms with Crippen molar-refractivity contribution in [2.24, 2.45) is 5.92 Å². The minimum atomic E-state index is -0.0422. The molecule has 26 heavy (non-hydrogen) atoms. The van der Waals surface area contributed by atoms with E-state index in [2.05, 4.69) is 4.90 Å². The SMILES string of the molecule is CCOc1cccc(CN2CCC[C@H](C(=O)c3cccc(Cl)c3)C2)c1O. The van der Waals surface area contributed by atoms with E-state index >= 15 is 0 Å². The van der Waals surface area contributed by atoms with Gasteiger partial charge in [-0.1, -0.05) is 35.9 Å². The summed E-state index contributed by atoms with van der Waals surface area (Å²) in [5.74, 6) is 0.801. The molecule has 1 atom stereocenters. The number of halogens is 1. The molecule has 0 spiro atoms. The Morgan fingerprint density at radius 1 is 1.31 bits per heavy atom. The van der Waals surface area contributed by atoms with Gasteiger partial charge in [-0.3, -0.25) is 9.69 Å². The van der Waals surface area contributed by atoms with Gasteiger partial charge in [-0.15, -0.1) is 0 Å². The Hall–Kier alpha value is -2.04. The number of carbonyl (C=O) groups is 1. The monoisotopic (exact) mass is 373 g/mol. The van der Waals surface area contributed by atoms with Crippen LogP contribution in [0.25, 0.3) is 0 Å². The van der Waals surface area contributed by atoms with Gasteiger partial charge in [0.25, 0.3) is 0 Å². The summed E-state index contributed by atoms with van der Waals surface area (Å²) in [7, 11) is 0. The van der Waals surface area contributed by atoms with E-state index in [1.165, 1.54) is 0 Å². The van der Waals surface area contributed by atoms with Gasteiger partial charge in [-0.05, 0) is 44.5 Å². The second kappa shape index (κ2) is 8.56. The molecule has 1 aliphatic rings. The molecule has 138 valence electrons. The third kappa shape index (κ3) is 4.37. The first-order valence-electron chi connectivity index (χ1n) is 9.04. The molecule has 0 aliphatic carbocycles. The van der Waals surface area contributed by atoms with Crippen LogP contribution in [0.1, 0.15) is 35.7 Å².